The van der Waals surface area contributed by atoms with Gasteiger partial charge in [-0.25, -0.2) is 14.5 Å². The highest BCUT2D eigenvalue weighted by Gasteiger charge is 2.51. The number of carboxylic acids is 1. The van der Waals surface area contributed by atoms with Crippen LogP contribution in [0.4, 0.5) is 10.5 Å². The molecule has 0 spiro atoms. The number of fused-ring (bicyclic) bond motifs is 1. The number of hydrogen-bond acceptors (Lipinski definition) is 4. The molecule has 0 radical (unpaired) electrons. The molecule has 1 saturated heterocycles. The summed E-state index contributed by atoms with van der Waals surface area (Å²) in [5.74, 6) is 0.0956. The average molecular weight is 538 g/mol. The molecule has 8 nitrogen and oxygen atoms in total. The number of aromatic nitrogens is 1. The van der Waals surface area contributed by atoms with Crippen LogP contribution in [0.25, 0.3) is 17.0 Å². The fraction of sp³-hybridized carbons (Fsp3) is 0.375. The van der Waals surface area contributed by atoms with Gasteiger partial charge in [-0.15, -0.1) is 0 Å². The van der Waals surface area contributed by atoms with Crippen molar-refractivity contribution in [3.05, 3.63) is 71.4 Å². The number of carbonyl (C=O) groups excluding carboxylic acids is 3. The molecular formula is C32H31N3O5. The first-order valence-electron chi connectivity index (χ1n) is 14.1. The second-order valence-electron chi connectivity index (χ2n) is 12.3. The molecule has 4 aliphatic carbocycles. The minimum absolute atomic E-state index is 0.137. The van der Waals surface area contributed by atoms with Gasteiger partial charge in [0.05, 0.1) is 5.69 Å². The zero-order valence-corrected chi connectivity index (χ0v) is 22.3. The van der Waals surface area contributed by atoms with Gasteiger partial charge < -0.3 is 9.67 Å². The summed E-state index contributed by atoms with van der Waals surface area (Å²) in [6, 6.07) is 13.4. The van der Waals surface area contributed by atoms with E-state index in [1.54, 1.807) is 42.0 Å². The summed E-state index contributed by atoms with van der Waals surface area (Å²) in [6.45, 7) is 1.60. The SMILES string of the molecule is C[C@@H](C(=O)O)n1ccc2cc(/C=C3\C(=O)NC(=O)N(c4ccc(C56CC7CC(CC(C7)C5)C6)cc4)C3=O)ccc21. The molecule has 1 aromatic heterocycles. The van der Waals surface area contributed by atoms with E-state index in [0.29, 0.717) is 11.3 Å². The fourth-order valence-electron chi connectivity index (χ4n) is 8.22. The van der Waals surface area contributed by atoms with Gasteiger partial charge in [0.25, 0.3) is 11.8 Å². The Labute approximate surface area is 231 Å². The van der Waals surface area contributed by atoms with E-state index in [2.05, 4.69) is 17.4 Å². The Bertz CT molecular complexity index is 1580. The molecule has 3 aromatic rings. The van der Waals surface area contributed by atoms with Gasteiger partial charge in [0.15, 0.2) is 0 Å². The summed E-state index contributed by atoms with van der Waals surface area (Å²) in [5.41, 5.74) is 3.13. The predicted octanol–water partition coefficient (Wildman–Crippen LogP) is 5.42. The van der Waals surface area contributed by atoms with Gasteiger partial charge in [0.2, 0.25) is 0 Å². The Morgan fingerprint density at radius 3 is 2.25 bits per heavy atom. The Morgan fingerprint density at radius 2 is 1.62 bits per heavy atom. The highest BCUT2D eigenvalue weighted by molar-refractivity contribution is 6.39. The van der Waals surface area contributed by atoms with Gasteiger partial charge in [-0.1, -0.05) is 18.2 Å². The van der Waals surface area contributed by atoms with Crippen LogP contribution < -0.4 is 10.2 Å². The van der Waals surface area contributed by atoms with E-state index in [1.165, 1.54) is 50.2 Å². The summed E-state index contributed by atoms with van der Waals surface area (Å²) in [4.78, 5) is 51.5. The van der Waals surface area contributed by atoms with E-state index >= 15 is 0 Å². The van der Waals surface area contributed by atoms with Crippen LogP contribution in [0.15, 0.2) is 60.3 Å². The highest BCUT2D eigenvalue weighted by atomic mass is 16.4. The van der Waals surface area contributed by atoms with Gasteiger partial charge >= 0.3 is 12.0 Å². The molecule has 2 aromatic carbocycles. The van der Waals surface area contributed by atoms with Crippen LogP contribution in [-0.2, 0) is 19.8 Å². The lowest BCUT2D eigenvalue weighted by molar-refractivity contribution is -0.140. The van der Waals surface area contributed by atoms with E-state index in [-0.39, 0.29) is 11.0 Å². The number of aliphatic carboxylic acids is 1. The summed E-state index contributed by atoms with van der Waals surface area (Å²) in [5, 5.41) is 12.5. The van der Waals surface area contributed by atoms with Crippen LogP contribution in [0, 0.1) is 17.8 Å². The second-order valence-corrected chi connectivity index (χ2v) is 12.3. The van der Waals surface area contributed by atoms with Crippen molar-refractivity contribution in [2.45, 2.75) is 56.9 Å². The normalized spacial score (nSPS) is 29.3. The van der Waals surface area contributed by atoms with Crippen molar-refractivity contribution in [3.8, 4) is 0 Å². The van der Waals surface area contributed by atoms with Crippen molar-refractivity contribution in [2.24, 2.45) is 17.8 Å². The van der Waals surface area contributed by atoms with Crippen LogP contribution in [0.1, 0.15) is 62.6 Å². The average Bonchev–Trinajstić information content (AvgIpc) is 3.33. The monoisotopic (exact) mass is 537 g/mol. The van der Waals surface area contributed by atoms with Crippen LogP contribution in [-0.4, -0.2) is 33.5 Å². The second kappa shape index (κ2) is 8.91. The molecule has 204 valence electrons. The predicted molar refractivity (Wildman–Crippen MR) is 150 cm³/mol. The largest absolute Gasteiger partial charge is 0.480 e. The molecule has 2 heterocycles. The minimum atomic E-state index is -0.941. The van der Waals surface area contributed by atoms with Gasteiger partial charge in [0.1, 0.15) is 11.6 Å². The molecule has 0 unspecified atom stereocenters. The number of imide groups is 2. The third-order valence-electron chi connectivity index (χ3n) is 9.71. The smallest absolute Gasteiger partial charge is 0.335 e. The maximum absolute atomic E-state index is 13.5. The Hall–Kier alpha value is -4.20. The highest BCUT2D eigenvalue weighted by Crippen LogP contribution is 2.60. The zero-order valence-electron chi connectivity index (χ0n) is 22.3. The number of barbiturate groups is 1. The van der Waals surface area contributed by atoms with Crippen molar-refractivity contribution in [1.82, 2.24) is 9.88 Å². The van der Waals surface area contributed by atoms with Crippen molar-refractivity contribution >= 4 is 46.5 Å². The molecular weight excluding hydrogens is 506 g/mol. The number of rotatable bonds is 5. The molecule has 4 bridgehead atoms. The lowest BCUT2D eigenvalue weighted by Gasteiger charge is -2.57. The van der Waals surface area contributed by atoms with Crippen LogP contribution in [0.2, 0.25) is 0 Å². The maximum atomic E-state index is 13.5. The number of hydrogen-bond donors (Lipinski definition) is 2. The molecule has 2 N–H and O–H groups in total. The van der Waals surface area contributed by atoms with Gasteiger partial charge in [-0.2, -0.15) is 0 Å². The molecule has 5 aliphatic rings. The first-order chi connectivity index (χ1) is 19.2. The summed E-state index contributed by atoms with van der Waals surface area (Å²) < 4.78 is 1.65. The third kappa shape index (κ3) is 3.88. The van der Waals surface area contributed by atoms with Crippen LogP contribution in [0.3, 0.4) is 0 Å². The Kier molecular flexibility index (Phi) is 5.53. The van der Waals surface area contributed by atoms with Crippen molar-refractivity contribution < 1.29 is 24.3 Å². The molecule has 40 heavy (non-hydrogen) atoms. The van der Waals surface area contributed by atoms with Crippen LogP contribution >= 0.6 is 0 Å². The molecule has 4 saturated carbocycles. The van der Waals surface area contributed by atoms with E-state index < -0.39 is 29.9 Å². The number of anilines is 1. The number of urea groups is 1. The molecule has 4 amide bonds. The molecule has 5 fully saturated rings. The van der Waals surface area contributed by atoms with Crippen LogP contribution in [0.5, 0.6) is 0 Å². The minimum Gasteiger partial charge on any atom is -0.480 e. The summed E-state index contributed by atoms with van der Waals surface area (Å²) >= 11 is 0. The van der Waals surface area contributed by atoms with Gasteiger partial charge in [0, 0.05) is 17.1 Å². The van der Waals surface area contributed by atoms with Crippen molar-refractivity contribution in [2.75, 3.05) is 4.90 Å². The number of nitrogens with zero attached hydrogens (tertiary/aromatic N) is 2. The fourth-order valence-corrected chi connectivity index (χ4v) is 8.22. The molecule has 1 aliphatic heterocycles. The van der Waals surface area contributed by atoms with Gasteiger partial charge in [-0.05, 0) is 116 Å². The van der Waals surface area contributed by atoms with Crippen molar-refractivity contribution in [3.63, 3.8) is 0 Å². The van der Waals surface area contributed by atoms with Gasteiger partial charge in [-0.3, -0.25) is 14.9 Å². The first-order valence-corrected chi connectivity index (χ1v) is 14.1. The standard InChI is InChI=1S/C32H31N3O5/c1-18(30(38)39)34-9-8-23-13-19(2-7-27(23)34)14-26-28(36)33-31(40)35(29(26)37)25-5-3-24(4-6-25)32-15-20-10-21(16-32)12-22(11-20)17-32/h2-9,13-14,18,20-22H,10-12,15-17H2,1H3,(H,38,39)(H,33,36,40)/b26-14+/t18-,20?,21?,22?,32?/m0/s1. The van der Waals surface area contributed by atoms with E-state index in [4.69, 9.17) is 0 Å². The quantitative estimate of drug-likeness (QED) is 0.334. The van der Waals surface area contributed by atoms with Crippen molar-refractivity contribution in [1.29, 1.82) is 0 Å². The number of carbonyl (C=O) groups is 4. The number of benzene rings is 2. The summed E-state index contributed by atoms with van der Waals surface area (Å²) in [6.07, 6.45) is 10.9. The lowest BCUT2D eigenvalue weighted by Crippen LogP contribution is -2.54. The number of nitrogens with one attached hydrogen (secondary N) is 1. The summed E-state index contributed by atoms with van der Waals surface area (Å²) in [7, 11) is 0. The molecule has 1 atom stereocenters. The molecule has 8 rings (SSSR count). The van der Waals surface area contributed by atoms with E-state index in [9.17, 15) is 24.3 Å². The van der Waals surface area contributed by atoms with E-state index in [1.807, 2.05) is 12.1 Å². The third-order valence-corrected chi connectivity index (χ3v) is 9.71. The topological polar surface area (TPSA) is 109 Å². The number of amides is 4. The molecule has 8 heteroatoms. The Morgan fingerprint density at radius 1 is 0.975 bits per heavy atom. The first kappa shape index (κ1) is 24.8. The Balaban J connectivity index is 1.17. The lowest BCUT2D eigenvalue weighted by atomic mass is 9.48. The number of carboxylic acid groups (broad SMARTS) is 1. The zero-order chi connectivity index (χ0) is 27.8. The van der Waals surface area contributed by atoms with E-state index in [0.717, 1.165) is 33.6 Å². The maximum Gasteiger partial charge on any atom is 0.335 e.